The van der Waals surface area contributed by atoms with Crippen molar-refractivity contribution in [1.29, 1.82) is 0 Å². The van der Waals surface area contributed by atoms with E-state index in [0.717, 1.165) is 18.4 Å². The predicted molar refractivity (Wildman–Crippen MR) is 48.0 cm³/mol. The Morgan fingerprint density at radius 3 is 2.55 bits per heavy atom. The highest BCUT2D eigenvalue weighted by atomic mass is 35.5. The molecule has 0 radical (unpaired) electrons. The predicted octanol–water partition coefficient (Wildman–Crippen LogP) is 2.68. The quantitative estimate of drug-likeness (QED) is 0.599. The van der Waals surface area contributed by atoms with Crippen LogP contribution in [0.4, 0.5) is 0 Å². The monoisotopic (exact) mass is 176 g/mol. The number of hydrogen-bond acceptors (Lipinski definition) is 1. The molecule has 1 fully saturated rings. The number of halogens is 1. The lowest BCUT2D eigenvalue weighted by molar-refractivity contribution is 0.132. The average molecular weight is 177 g/mol. The van der Waals surface area contributed by atoms with Crippen LogP contribution in [0.2, 0.25) is 0 Å². The van der Waals surface area contributed by atoms with Crippen molar-refractivity contribution in [2.45, 2.75) is 25.7 Å². The van der Waals surface area contributed by atoms with E-state index < -0.39 is 0 Å². The van der Waals surface area contributed by atoms with Crippen molar-refractivity contribution < 1.29 is 4.74 Å². The van der Waals surface area contributed by atoms with E-state index in [2.05, 4.69) is 0 Å². The van der Waals surface area contributed by atoms with Crippen molar-refractivity contribution in [1.82, 2.24) is 0 Å². The van der Waals surface area contributed by atoms with Crippen molar-refractivity contribution in [3.8, 4) is 0 Å². The maximum atomic E-state index is 5.85. The van der Waals surface area contributed by atoms with Crippen LogP contribution in [0.5, 0.6) is 0 Å². The number of ether oxygens (including phenoxy) is 1. The first-order valence-electron chi connectivity index (χ1n) is 4.43. The molecule has 11 heavy (non-hydrogen) atoms. The van der Waals surface area contributed by atoms with Crippen molar-refractivity contribution >= 4 is 11.6 Å². The summed E-state index contributed by atoms with van der Waals surface area (Å²) in [6.45, 7) is 0.841. The Bertz CT molecular complexity index is 99.7. The third kappa shape index (κ3) is 2.64. The molecule has 2 heteroatoms. The first-order valence-corrected chi connectivity index (χ1v) is 4.97. The first kappa shape index (κ1) is 9.34. The van der Waals surface area contributed by atoms with Crippen LogP contribution in [0.3, 0.4) is 0 Å². The van der Waals surface area contributed by atoms with E-state index >= 15 is 0 Å². The van der Waals surface area contributed by atoms with Crippen LogP contribution >= 0.6 is 11.6 Å². The second kappa shape index (κ2) is 5.00. The number of hydrogen-bond donors (Lipinski definition) is 0. The number of rotatable bonds is 4. The normalized spacial score (nSPS) is 22.4. The lowest BCUT2D eigenvalue weighted by atomic mass is 9.93. The highest BCUT2D eigenvalue weighted by molar-refractivity contribution is 6.18. The van der Waals surface area contributed by atoms with Crippen molar-refractivity contribution in [3.63, 3.8) is 0 Å². The summed E-state index contributed by atoms with van der Waals surface area (Å²) in [6, 6.07) is 0. The molecule has 0 bridgehead atoms. The van der Waals surface area contributed by atoms with Gasteiger partial charge in [0.2, 0.25) is 0 Å². The van der Waals surface area contributed by atoms with Crippen LogP contribution in [0.25, 0.3) is 0 Å². The smallest absolute Gasteiger partial charge is 0.0504 e. The summed E-state index contributed by atoms with van der Waals surface area (Å²) in [6.07, 6.45) is 5.50. The van der Waals surface area contributed by atoms with Gasteiger partial charge in [-0.1, -0.05) is 25.7 Å². The van der Waals surface area contributed by atoms with Crippen LogP contribution in [0, 0.1) is 11.8 Å². The molecule has 1 unspecified atom stereocenters. The third-order valence-corrected chi connectivity index (χ3v) is 3.04. The van der Waals surface area contributed by atoms with Gasteiger partial charge >= 0.3 is 0 Å². The molecule has 0 aromatic carbocycles. The molecule has 1 atom stereocenters. The lowest BCUT2D eigenvalue weighted by Crippen LogP contribution is -2.18. The van der Waals surface area contributed by atoms with E-state index in [1.807, 2.05) is 0 Å². The molecule has 0 saturated heterocycles. The van der Waals surface area contributed by atoms with Gasteiger partial charge in [-0.3, -0.25) is 0 Å². The summed E-state index contributed by atoms with van der Waals surface area (Å²) >= 11 is 5.85. The molecule has 0 heterocycles. The zero-order chi connectivity index (χ0) is 8.10. The van der Waals surface area contributed by atoms with Gasteiger partial charge in [-0.15, -0.1) is 11.6 Å². The SMILES string of the molecule is COCC(CCl)C1CCCC1. The summed E-state index contributed by atoms with van der Waals surface area (Å²) < 4.78 is 5.12. The topological polar surface area (TPSA) is 9.23 Å². The minimum Gasteiger partial charge on any atom is -0.384 e. The molecule has 0 amide bonds. The van der Waals surface area contributed by atoms with E-state index in [0.29, 0.717) is 5.92 Å². The van der Waals surface area contributed by atoms with Crippen LogP contribution in [0.1, 0.15) is 25.7 Å². The molecular weight excluding hydrogens is 160 g/mol. The second-order valence-electron chi connectivity index (χ2n) is 3.41. The Hall–Kier alpha value is 0.250. The van der Waals surface area contributed by atoms with Crippen LogP contribution in [0.15, 0.2) is 0 Å². The second-order valence-corrected chi connectivity index (χ2v) is 3.72. The highest BCUT2D eigenvalue weighted by Gasteiger charge is 2.23. The Morgan fingerprint density at radius 2 is 2.09 bits per heavy atom. The summed E-state index contributed by atoms with van der Waals surface area (Å²) in [5, 5.41) is 0. The molecule has 0 aromatic heterocycles. The molecule has 1 rings (SSSR count). The highest BCUT2D eigenvalue weighted by Crippen LogP contribution is 2.31. The molecule has 0 spiro atoms. The van der Waals surface area contributed by atoms with Crippen molar-refractivity contribution in [2.24, 2.45) is 11.8 Å². The van der Waals surface area contributed by atoms with Gasteiger partial charge in [-0.2, -0.15) is 0 Å². The van der Waals surface area contributed by atoms with Crippen molar-refractivity contribution in [3.05, 3.63) is 0 Å². The molecule has 1 aliphatic rings. The molecule has 1 saturated carbocycles. The lowest BCUT2D eigenvalue weighted by Gasteiger charge is -2.19. The zero-order valence-electron chi connectivity index (χ0n) is 7.18. The Balaban J connectivity index is 2.27. The summed E-state index contributed by atoms with van der Waals surface area (Å²) in [7, 11) is 1.76. The standard InChI is InChI=1S/C9H17ClO/c1-11-7-9(6-10)8-4-2-3-5-8/h8-9H,2-7H2,1H3. The van der Waals surface area contributed by atoms with Gasteiger partial charge in [-0.05, 0) is 11.8 Å². The van der Waals surface area contributed by atoms with Gasteiger partial charge < -0.3 is 4.74 Å². The van der Waals surface area contributed by atoms with Crippen LogP contribution in [-0.4, -0.2) is 19.6 Å². The Labute approximate surface area is 74.1 Å². The van der Waals surface area contributed by atoms with E-state index in [-0.39, 0.29) is 0 Å². The number of methoxy groups -OCH3 is 1. The molecule has 0 aliphatic heterocycles. The minimum absolute atomic E-state index is 0.601. The molecule has 1 nitrogen and oxygen atoms in total. The van der Waals surface area contributed by atoms with E-state index in [1.54, 1.807) is 7.11 Å². The maximum absolute atomic E-state index is 5.85. The summed E-state index contributed by atoms with van der Waals surface area (Å²) in [5.41, 5.74) is 0. The maximum Gasteiger partial charge on any atom is 0.0504 e. The molecule has 0 aromatic rings. The van der Waals surface area contributed by atoms with Gasteiger partial charge in [0.05, 0.1) is 6.61 Å². The third-order valence-electron chi connectivity index (χ3n) is 2.65. The van der Waals surface area contributed by atoms with Gasteiger partial charge in [0.25, 0.3) is 0 Å². The number of alkyl halides is 1. The van der Waals surface area contributed by atoms with Gasteiger partial charge in [0.15, 0.2) is 0 Å². The van der Waals surface area contributed by atoms with E-state index in [4.69, 9.17) is 16.3 Å². The van der Waals surface area contributed by atoms with Gasteiger partial charge in [0.1, 0.15) is 0 Å². The molecule has 0 N–H and O–H groups in total. The molecular formula is C9H17ClO. The fraction of sp³-hybridized carbons (Fsp3) is 1.00. The first-order chi connectivity index (χ1) is 5.38. The molecule has 66 valence electrons. The summed E-state index contributed by atoms with van der Waals surface area (Å²) in [5.74, 6) is 2.20. The average Bonchev–Trinajstić information content (AvgIpc) is 2.52. The Morgan fingerprint density at radius 1 is 1.45 bits per heavy atom. The molecule has 1 aliphatic carbocycles. The minimum atomic E-state index is 0.601. The fourth-order valence-corrected chi connectivity index (χ4v) is 2.29. The van der Waals surface area contributed by atoms with Gasteiger partial charge in [0, 0.05) is 13.0 Å². The van der Waals surface area contributed by atoms with Crippen molar-refractivity contribution in [2.75, 3.05) is 19.6 Å². The van der Waals surface area contributed by atoms with E-state index in [1.165, 1.54) is 25.7 Å². The zero-order valence-corrected chi connectivity index (χ0v) is 7.94. The van der Waals surface area contributed by atoms with E-state index in [9.17, 15) is 0 Å². The largest absolute Gasteiger partial charge is 0.384 e. The Kier molecular flexibility index (Phi) is 4.24. The summed E-state index contributed by atoms with van der Waals surface area (Å²) in [4.78, 5) is 0. The van der Waals surface area contributed by atoms with Gasteiger partial charge in [-0.25, -0.2) is 0 Å². The van der Waals surface area contributed by atoms with Crippen LogP contribution in [-0.2, 0) is 4.74 Å². The van der Waals surface area contributed by atoms with Crippen LogP contribution < -0.4 is 0 Å². The fourth-order valence-electron chi connectivity index (χ4n) is 1.95.